The van der Waals surface area contributed by atoms with E-state index in [4.69, 9.17) is 9.72 Å². The number of benzene rings is 3. The van der Waals surface area contributed by atoms with Crippen LogP contribution in [0.4, 0.5) is 20.6 Å². The van der Waals surface area contributed by atoms with E-state index >= 15 is 0 Å². The number of fused-ring (bicyclic) bond motifs is 1. The van der Waals surface area contributed by atoms with Gasteiger partial charge in [-0.1, -0.05) is 37.3 Å². The van der Waals surface area contributed by atoms with E-state index in [1.807, 2.05) is 20.8 Å². The van der Waals surface area contributed by atoms with Gasteiger partial charge in [0.15, 0.2) is 0 Å². The second-order valence-corrected chi connectivity index (χ2v) is 11.5. The molecule has 0 bridgehead atoms. The molecule has 1 saturated heterocycles. The van der Waals surface area contributed by atoms with Gasteiger partial charge in [0.2, 0.25) is 0 Å². The van der Waals surface area contributed by atoms with Crippen LogP contribution in [0.15, 0.2) is 60.7 Å². The third-order valence-corrected chi connectivity index (χ3v) is 7.19. The lowest BCUT2D eigenvalue weighted by atomic mass is 10.1. The lowest BCUT2D eigenvalue weighted by Crippen LogP contribution is -2.47. The van der Waals surface area contributed by atoms with Gasteiger partial charge in [0, 0.05) is 49.9 Å². The number of urea groups is 1. The highest BCUT2D eigenvalue weighted by Gasteiger charge is 2.21. The first kappa shape index (κ1) is 28.4. The average molecular weight is 559 g/mol. The van der Waals surface area contributed by atoms with Crippen molar-refractivity contribution in [3.05, 3.63) is 72.0 Å². The molecule has 4 aromatic rings. The number of para-hydroxylation sites is 1. The van der Waals surface area contributed by atoms with Gasteiger partial charge in [-0.15, -0.1) is 0 Å². The number of nitrogens with one attached hydrogen (secondary N) is 3. The first-order valence-electron chi connectivity index (χ1n) is 14.3. The number of aromatic amines is 1. The van der Waals surface area contributed by atoms with Crippen molar-refractivity contribution < 1.29 is 13.9 Å². The van der Waals surface area contributed by atoms with Crippen LogP contribution < -0.4 is 20.3 Å². The quantitative estimate of drug-likeness (QED) is 0.245. The Labute approximate surface area is 240 Å². The Hall–Kier alpha value is -4.11. The molecule has 1 aliphatic heterocycles. The van der Waals surface area contributed by atoms with E-state index in [0.717, 1.165) is 67.3 Å². The topological polar surface area (TPSA) is 85.5 Å². The molecule has 3 N–H and O–H groups in total. The molecule has 3 aromatic carbocycles. The molecule has 41 heavy (non-hydrogen) atoms. The second kappa shape index (κ2) is 12.2. The van der Waals surface area contributed by atoms with Crippen LogP contribution in [0.5, 0.6) is 5.75 Å². The van der Waals surface area contributed by atoms with Gasteiger partial charge in [0.05, 0.1) is 16.9 Å². The maximum absolute atomic E-state index is 14.5. The summed E-state index contributed by atoms with van der Waals surface area (Å²) in [7, 11) is 0. The van der Waals surface area contributed by atoms with Gasteiger partial charge in [0.1, 0.15) is 29.5 Å². The van der Waals surface area contributed by atoms with E-state index in [0.29, 0.717) is 12.4 Å². The Balaban J connectivity index is 1.13. The molecule has 216 valence electrons. The van der Waals surface area contributed by atoms with Crippen LogP contribution in [0.2, 0.25) is 0 Å². The van der Waals surface area contributed by atoms with Crippen LogP contribution in [-0.2, 0) is 6.42 Å². The van der Waals surface area contributed by atoms with E-state index in [1.165, 1.54) is 17.7 Å². The fourth-order valence-corrected chi connectivity index (χ4v) is 4.99. The number of halogens is 1. The minimum absolute atomic E-state index is 0.115. The lowest BCUT2D eigenvalue weighted by Gasteiger charge is -2.36. The smallest absolute Gasteiger partial charge is 0.319 e. The number of carbonyl (C=O) groups is 1. The van der Waals surface area contributed by atoms with Crippen molar-refractivity contribution in [2.75, 3.05) is 49.5 Å². The summed E-state index contributed by atoms with van der Waals surface area (Å²) in [4.78, 5) is 25.2. The van der Waals surface area contributed by atoms with Crippen molar-refractivity contribution >= 4 is 28.4 Å². The number of aryl methyl sites for hydroxylation is 1. The number of piperazine rings is 1. The SMILES string of the molecule is CCc1ccc(-c2nc3c(N4CCN(CCOc5ccc(NC(=O)NC(C)(C)C)c(F)c5)CC4)cccc3[nH]2)cc1. The molecule has 0 aliphatic carbocycles. The number of amides is 2. The average Bonchev–Trinajstić information content (AvgIpc) is 3.39. The summed E-state index contributed by atoms with van der Waals surface area (Å²) >= 11 is 0. The number of H-pyrrole nitrogens is 1. The van der Waals surface area contributed by atoms with Crippen molar-refractivity contribution in [1.29, 1.82) is 0 Å². The number of nitrogens with zero attached hydrogens (tertiary/aromatic N) is 3. The van der Waals surface area contributed by atoms with Gasteiger partial charge >= 0.3 is 6.03 Å². The van der Waals surface area contributed by atoms with Gasteiger partial charge < -0.3 is 25.3 Å². The predicted octanol–water partition coefficient (Wildman–Crippen LogP) is 6.05. The summed E-state index contributed by atoms with van der Waals surface area (Å²) in [5.74, 6) is 0.793. The molecule has 9 heteroatoms. The normalized spacial score (nSPS) is 14.3. The highest BCUT2D eigenvalue weighted by Crippen LogP contribution is 2.29. The summed E-state index contributed by atoms with van der Waals surface area (Å²) in [5.41, 5.74) is 5.28. The number of anilines is 2. The molecular weight excluding hydrogens is 519 g/mol. The summed E-state index contributed by atoms with van der Waals surface area (Å²) in [5, 5.41) is 5.30. The van der Waals surface area contributed by atoms with Crippen molar-refractivity contribution in [2.45, 2.75) is 39.7 Å². The number of imidazole rings is 1. The number of hydrogen-bond acceptors (Lipinski definition) is 5. The molecule has 2 heterocycles. The lowest BCUT2D eigenvalue weighted by molar-refractivity contribution is 0.200. The fraction of sp³-hybridized carbons (Fsp3) is 0.375. The third-order valence-electron chi connectivity index (χ3n) is 7.19. The van der Waals surface area contributed by atoms with Crippen LogP contribution in [0.1, 0.15) is 33.3 Å². The van der Waals surface area contributed by atoms with Crippen molar-refractivity contribution in [1.82, 2.24) is 20.2 Å². The summed E-state index contributed by atoms with van der Waals surface area (Å²) in [6.45, 7) is 12.5. The number of rotatable bonds is 8. The molecule has 8 nitrogen and oxygen atoms in total. The largest absolute Gasteiger partial charge is 0.492 e. The van der Waals surface area contributed by atoms with Gasteiger partial charge in [-0.05, 0) is 57.0 Å². The molecule has 1 fully saturated rings. The van der Waals surface area contributed by atoms with Crippen LogP contribution in [-0.4, -0.2) is 65.8 Å². The van der Waals surface area contributed by atoms with E-state index in [2.05, 4.69) is 74.8 Å². The molecule has 0 atom stereocenters. The molecule has 0 saturated carbocycles. The second-order valence-electron chi connectivity index (χ2n) is 11.5. The molecule has 2 amide bonds. The minimum atomic E-state index is -0.533. The first-order valence-corrected chi connectivity index (χ1v) is 14.3. The van der Waals surface area contributed by atoms with Crippen LogP contribution in [0, 0.1) is 5.82 Å². The predicted molar refractivity (Wildman–Crippen MR) is 163 cm³/mol. The Morgan fingerprint density at radius 1 is 1.05 bits per heavy atom. The number of aromatic nitrogens is 2. The standard InChI is InChI=1S/C32H39FN6O2/c1-5-22-9-11-23(12-10-22)30-34-27-7-6-8-28(29(27)36-30)39-17-15-38(16-18-39)19-20-41-24-13-14-26(25(33)21-24)35-31(40)37-32(2,3)4/h6-14,21H,5,15-20H2,1-4H3,(H,34,36)(H2,35,37,40). The fourth-order valence-electron chi connectivity index (χ4n) is 4.99. The number of hydrogen-bond donors (Lipinski definition) is 3. The van der Waals surface area contributed by atoms with E-state index in [1.54, 1.807) is 6.07 Å². The summed E-state index contributed by atoms with van der Waals surface area (Å²) in [6, 6.07) is 18.9. The molecule has 1 aromatic heterocycles. The zero-order valence-corrected chi connectivity index (χ0v) is 24.3. The zero-order chi connectivity index (χ0) is 29.0. The van der Waals surface area contributed by atoms with Gasteiger partial charge in [0.25, 0.3) is 0 Å². The third kappa shape index (κ3) is 7.16. The Bertz CT molecular complexity index is 1490. The Morgan fingerprint density at radius 2 is 1.80 bits per heavy atom. The molecule has 0 unspecified atom stereocenters. The zero-order valence-electron chi connectivity index (χ0n) is 24.3. The molecule has 5 rings (SSSR count). The highest BCUT2D eigenvalue weighted by atomic mass is 19.1. The molecular formula is C32H39FN6O2. The number of carbonyl (C=O) groups excluding carboxylic acids is 1. The van der Waals surface area contributed by atoms with Crippen LogP contribution >= 0.6 is 0 Å². The Kier molecular flexibility index (Phi) is 8.44. The van der Waals surface area contributed by atoms with E-state index in [-0.39, 0.29) is 5.69 Å². The highest BCUT2D eigenvalue weighted by molar-refractivity contribution is 5.91. The van der Waals surface area contributed by atoms with Gasteiger partial charge in [-0.2, -0.15) is 0 Å². The van der Waals surface area contributed by atoms with E-state index in [9.17, 15) is 9.18 Å². The minimum Gasteiger partial charge on any atom is -0.492 e. The van der Waals surface area contributed by atoms with Crippen molar-refractivity contribution in [2.24, 2.45) is 0 Å². The van der Waals surface area contributed by atoms with Crippen LogP contribution in [0.25, 0.3) is 22.4 Å². The Morgan fingerprint density at radius 3 is 2.49 bits per heavy atom. The van der Waals surface area contributed by atoms with Crippen molar-refractivity contribution in [3.8, 4) is 17.1 Å². The monoisotopic (exact) mass is 558 g/mol. The number of ether oxygens (including phenoxy) is 1. The van der Waals surface area contributed by atoms with Gasteiger partial charge in [-0.3, -0.25) is 4.90 Å². The van der Waals surface area contributed by atoms with Gasteiger partial charge in [-0.25, -0.2) is 14.2 Å². The maximum Gasteiger partial charge on any atom is 0.319 e. The summed E-state index contributed by atoms with van der Waals surface area (Å²) in [6.07, 6.45) is 1.02. The van der Waals surface area contributed by atoms with Crippen molar-refractivity contribution in [3.63, 3.8) is 0 Å². The van der Waals surface area contributed by atoms with Crippen LogP contribution in [0.3, 0.4) is 0 Å². The first-order chi connectivity index (χ1) is 19.7. The van der Waals surface area contributed by atoms with E-state index < -0.39 is 17.4 Å². The maximum atomic E-state index is 14.5. The summed E-state index contributed by atoms with van der Waals surface area (Å²) < 4.78 is 20.3. The molecule has 0 radical (unpaired) electrons. The molecule has 0 spiro atoms. The molecule has 1 aliphatic rings.